The molecule has 2 saturated heterocycles. The summed E-state index contributed by atoms with van der Waals surface area (Å²) in [6.07, 6.45) is 7.67. The zero-order valence-electron chi connectivity index (χ0n) is 21.9. The number of anilines is 2. The van der Waals surface area contributed by atoms with Gasteiger partial charge in [-0.2, -0.15) is 9.35 Å². The highest BCUT2D eigenvalue weighted by atomic mass is 32.2. The summed E-state index contributed by atoms with van der Waals surface area (Å²) in [5.41, 5.74) is 0.898. The Morgan fingerprint density at radius 1 is 1.18 bits per heavy atom. The Labute approximate surface area is 226 Å². The van der Waals surface area contributed by atoms with E-state index in [0.717, 1.165) is 24.5 Å². The molecule has 0 saturated carbocycles. The molecule has 11 nitrogen and oxygen atoms in total. The molecule has 1 aromatic carbocycles. The first-order chi connectivity index (χ1) is 18.8. The molecule has 0 aliphatic carbocycles. The van der Waals surface area contributed by atoms with Crippen LogP contribution in [0.5, 0.6) is 5.75 Å². The molecule has 39 heavy (non-hydrogen) atoms. The lowest BCUT2D eigenvalue weighted by Gasteiger charge is -2.23. The van der Waals surface area contributed by atoms with Crippen LogP contribution in [0.4, 0.5) is 17.5 Å². The highest BCUT2D eigenvalue weighted by molar-refractivity contribution is 7.92. The first-order valence-corrected chi connectivity index (χ1v) is 15.1. The van der Waals surface area contributed by atoms with Gasteiger partial charge in [-0.3, -0.25) is 9.69 Å². The predicted octanol–water partition coefficient (Wildman–Crippen LogP) is 3.35. The van der Waals surface area contributed by atoms with Crippen LogP contribution in [-0.4, -0.2) is 71.7 Å². The molecule has 3 atom stereocenters. The van der Waals surface area contributed by atoms with Crippen LogP contribution in [0.3, 0.4) is 0 Å². The lowest BCUT2D eigenvalue weighted by Crippen LogP contribution is -2.32. The van der Waals surface area contributed by atoms with Gasteiger partial charge in [-0.15, -0.1) is 6.58 Å². The molecular formula is C27H30N8O3S. The van der Waals surface area contributed by atoms with Crippen LogP contribution in [-0.2, 0) is 16.3 Å². The monoisotopic (exact) mass is 546 g/mol. The maximum Gasteiger partial charge on any atom is 0.278 e. The second-order valence-electron chi connectivity index (χ2n) is 10.2. The predicted molar refractivity (Wildman–Crippen MR) is 152 cm³/mol. The number of rotatable bonds is 8. The number of ether oxygens (including phenoxy) is 1. The average molecular weight is 547 g/mol. The number of piperidine rings is 1. The van der Waals surface area contributed by atoms with Crippen molar-refractivity contribution < 1.29 is 8.95 Å². The van der Waals surface area contributed by atoms with Gasteiger partial charge in [0.25, 0.3) is 5.56 Å². The van der Waals surface area contributed by atoms with Gasteiger partial charge >= 0.3 is 0 Å². The standard InChI is InChI=1S/C27H30N8O3S/c1-4-13-34-26(36)21-15-28-27(31-25(21)35(34)24-7-5-6-23(30-24)32-39(2,3)37)29-19-8-10-20(11-9-19)38-22-17-33-14-12-18(22)16-33/h4-11,15,18,22H,1,12-14,16-17H2,2-3H3,(H,28,29,31). The molecule has 2 fully saturated rings. The fraction of sp³-hybridized carbons (Fsp3) is 0.333. The van der Waals surface area contributed by atoms with E-state index in [1.54, 1.807) is 41.5 Å². The van der Waals surface area contributed by atoms with Gasteiger partial charge in [0.15, 0.2) is 17.3 Å². The van der Waals surface area contributed by atoms with Gasteiger partial charge in [-0.1, -0.05) is 12.1 Å². The van der Waals surface area contributed by atoms with Crippen LogP contribution in [0.15, 0.2) is 70.5 Å². The molecule has 0 spiro atoms. The highest BCUT2D eigenvalue weighted by Crippen LogP contribution is 2.31. The third-order valence-electron chi connectivity index (χ3n) is 6.90. The maximum atomic E-state index is 13.2. The van der Waals surface area contributed by atoms with Crippen molar-refractivity contribution in [3.63, 3.8) is 0 Å². The Hall–Kier alpha value is -4.03. The summed E-state index contributed by atoms with van der Waals surface area (Å²) < 4.78 is 25.8. The van der Waals surface area contributed by atoms with Gasteiger partial charge in [0.2, 0.25) is 5.95 Å². The molecule has 5 heterocycles. The largest absolute Gasteiger partial charge is 0.489 e. The molecule has 2 aliphatic rings. The fourth-order valence-electron chi connectivity index (χ4n) is 5.20. The summed E-state index contributed by atoms with van der Waals surface area (Å²) in [5.74, 6) is 2.50. The number of benzene rings is 1. The van der Waals surface area contributed by atoms with Gasteiger partial charge in [0, 0.05) is 53.1 Å². The Balaban J connectivity index is 1.31. The Morgan fingerprint density at radius 2 is 2.00 bits per heavy atom. The van der Waals surface area contributed by atoms with E-state index in [2.05, 4.69) is 36.1 Å². The van der Waals surface area contributed by atoms with Crippen LogP contribution >= 0.6 is 0 Å². The number of pyridine rings is 1. The van der Waals surface area contributed by atoms with Crippen molar-refractivity contribution in [2.45, 2.75) is 19.1 Å². The lowest BCUT2D eigenvalue weighted by atomic mass is 10.0. The molecule has 2 bridgehead atoms. The summed E-state index contributed by atoms with van der Waals surface area (Å²) in [5, 5.41) is 3.56. The first kappa shape index (κ1) is 25.3. The van der Waals surface area contributed by atoms with E-state index in [1.807, 2.05) is 24.3 Å². The lowest BCUT2D eigenvalue weighted by molar-refractivity contribution is 0.141. The van der Waals surface area contributed by atoms with E-state index in [4.69, 9.17) is 4.74 Å². The Bertz CT molecular complexity index is 1730. The van der Waals surface area contributed by atoms with Crippen LogP contribution in [0.2, 0.25) is 0 Å². The molecule has 3 unspecified atom stereocenters. The van der Waals surface area contributed by atoms with Crippen molar-refractivity contribution in [3.8, 4) is 11.6 Å². The molecule has 0 radical (unpaired) electrons. The minimum absolute atomic E-state index is 0.236. The summed E-state index contributed by atoms with van der Waals surface area (Å²) in [6.45, 7) is 7.32. The molecule has 3 aromatic heterocycles. The zero-order valence-corrected chi connectivity index (χ0v) is 22.7. The van der Waals surface area contributed by atoms with Crippen LogP contribution in [0, 0.1) is 5.92 Å². The van der Waals surface area contributed by atoms with Crippen molar-refractivity contribution in [1.82, 2.24) is 29.2 Å². The van der Waals surface area contributed by atoms with Crippen LogP contribution in [0.25, 0.3) is 16.9 Å². The number of nitrogens with one attached hydrogen (secondary N) is 1. The number of allylic oxidation sites excluding steroid dienone is 1. The molecule has 6 rings (SSSR count). The summed E-state index contributed by atoms with van der Waals surface area (Å²) in [6, 6.07) is 12.9. The summed E-state index contributed by atoms with van der Waals surface area (Å²) in [4.78, 5) is 29.2. The third kappa shape index (κ3) is 5.17. The zero-order chi connectivity index (χ0) is 27.1. The third-order valence-corrected chi connectivity index (χ3v) is 7.53. The Morgan fingerprint density at radius 3 is 2.69 bits per heavy atom. The molecule has 0 amide bonds. The van der Waals surface area contributed by atoms with E-state index in [1.165, 1.54) is 23.8 Å². The number of aromatic nitrogens is 5. The highest BCUT2D eigenvalue weighted by Gasteiger charge is 2.39. The van der Waals surface area contributed by atoms with Crippen molar-refractivity contribution in [1.29, 1.82) is 0 Å². The molecule has 1 N–H and O–H groups in total. The molecular weight excluding hydrogens is 516 g/mol. The van der Waals surface area contributed by atoms with Crippen LogP contribution < -0.4 is 15.6 Å². The average Bonchev–Trinajstić information content (AvgIpc) is 3.59. The first-order valence-electron chi connectivity index (χ1n) is 12.8. The van der Waals surface area contributed by atoms with Crippen molar-refractivity contribution >= 4 is 38.2 Å². The fourth-order valence-corrected chi connectivity index (χ4v) is 5.76. The van der Waals surface area contributed by atoms with E-state index in [-0.39, 0.29) is 18.2 Å². The van der Waals surface area contributed by atoms with E-state index < -0.39 is 9.73 Å². The molecule has 2 aliphatic heterocycles. The van der Waals surface area contributed by atoms with Crippen molar-refractivity contribution in [2.75, 3.05) is 37.5 Å². The SMILES string of the molecule is C=CCn1c(=O)c2cnc(Nc3ccc(OC4CN5CCC4C5)cc3)nc2n1-c1cccc(N=S(C)(C)=O)n1. The quantitative estimate of drug-likeness (QED) is 0.334. The van der Waals surface area contributed by atoms with Crippen molar-refractivity contribution in [3.05, 3.63) is 71.7 Å². The molecule has 12 heteroatoms. The van der Waals surface area contributed by atoms with E-state index in [9.17, 15) is 9.00 Å². The van der Waals surface area contributed by atoms with Crippen LogP contribution in [0.1, 0.15) is 6.42 Å². The number of hydrogen-bond donors (Lipinski definition) is 1. The molecule has 4 aromatic rings. The van der Waals surface area contributed by atoms with Crippen molar-refractivity contribution in [2.24, 2.45) is 10.3 Å². The molecule has 202 valence electrons. The minimum atomic E-state index is -2.42. The van der Waals surface area contributed by atoms with Gasteiger partial charge in [0.1, 0.15) is 17.2 Å². The number of nitrogens with zero attached hydrogens (tertiary/aromatic N) is 7. The minimum Gasteiger partial charge on any atom is -0.489 e. The van der Waals surface area contributed by atoms with Gasteiger partial charge < -0.3 is 10.1 Å². The summed E-state index contributed by atoms with van der Waals surface area (Å²) in [7, 11) is -2.42. The van der Waals surface area contributed by atoms with E-state index >= 15 is 0 Å². The Kier molecular flexibility index (Phi) is 6.43. The number of hydrogen-bond acceptors (Lipinski definition) is 9. The number of fused-ring (bicyclic) bond motifs is 3. The van der Waals surface area contributed by atoms with Gasteiger partial charge in [-0.25, -0.2) is 23.5 Å². The van der Waals surface area contributed by atoms with Gasteiger partial charge in [-0.05, 0) is 49.4 Å². The smallest absolute Gasteiger partial charge is 0.278 e. The second-order valence-corrected chi connectivity index (χ2v) is 12.7. The normalized spacial score (nSPS) is 20.3. The summed E-state index contributed by atoms with van der Waals surface area (Å²) >= 11 is 0. The second kappa shape index (κ2) is 9.93. The van der Waals surface area contributed by atoms with Gasteiger partial charge in [0.05, 0.1) is 6.54 Å². The topological polar surface area (TPSA) is 120 Å². The maximum absolute atomic E-state index is 13.2. The van der Waals surface area contributed by atoms with E-state index in [0.29, 0.717) is 34.5 Å².